The van der Waals surface area contributed by atoms with Gasteiger partial charge in [0.2, 0.25) is 5.91 Å². The number of amides is 3. The van der Waals surface area contributed by atoms with Crippen molar-refractivity contribution in [1.82, 2.24) is 4.90 Å². The van der Waals surface area contributed by atoms with Crippen LogP contribution in [0.5, 0.6) is 11.5 Å². The molecule has 0 saturated carbocycles. The minimum absolute atomic E-state index is 0.103. The van der Waals surface area contributed by atoms with Crippen LogP contribution in [0.1, 0.15) is 24.0 Å². The number of rotatable bonds is 7. The fourth-order valence-corrected chi connectivity index (χ4v) is 4.67. The zero-order valence-corrected chi connectivity index (χ0v) is 22.4. The number of likely N-dealkylation sites (tertiary alicyclic amines) is 1. The normalized spacial score (nSPS) is 14.5. The van der Waals surface area contributed by atoms with Crippen LogP contribution in [0.2, 0.25) is 0 Å². The van der Waals surface area contributed by atoms with Crippen LogP contribution in [-0.2, 0) is 16.8 Å². The molecular weight excluding hydrogens is 538 g/mol. The van der Waals surface area contributed by atoms with E-state index >= 15 is 0 Å². The van der Waals surface area contributed by atoms with E-state index in [-0.39, 0.29) is 18.4 Å². The summed E-state index contributed by atoms with van der Waals surface area (Å²) in [6.07, 6.45) is 1.00. The number of aliphatic hydroxyl groups is 1. The molecule has 0 radical (unpaired) electrons. The maximum absolute atomic E-state index is 12.9. The monoisotopic (exact) mass is 567 g/mol. The molecule has 194 valence electrons. The van der Waals surface area contributed by atoms with Crippen LogP contribution in [0.25, 0.3) is 0 Å². The Hall–Kier alpha value is -3.56. The number of ether oxygens (including phenoxy) is 2. The lowest BCUT2D eigenvalue weighted by Gasteiger charge is -2.38. The van der Waals surface area contributed by atoms with E-state index in [1.807, 2.05) is 24.3 Å². The molecule has 0 aromatic heterocycles. The summed E-state index contributed by atoms with van der Waals surface area (Å²) in [5.74, 6) is 1.02. The highest BCUT2D eigenvalue weighted by atomic mass is 79.9. The van der Waals surface area contributed by atoms with Gasteiger partial charge < -0.3 is 30.1 Å². The third kappa shape index (κ3) is 6.61. The van der Waals surface area contributed by atoms with E-state index in [0.29, 0.717) is 54.4 Å². The molecule has 0 bridgehead atoms. The zero-order chi connectivity index (χ0) is 26.4. The maximum Gasteiger partial charge on any atom is 0.321 e. The third-order valence-corrected chi connectivity index (χ3v) is 7.02. The fraction of sp³-hybridized carbons (Fsp3) is 0.286. The Morgan fingerprint density at radius 1 is 0.946 bits per heavy atom. The average molecular weight is 568 g/mol. The molecule has 9 heteroatoms. The summed E-state index contributed by atoms with van der Waals surface area (Å²) in [7, 11) is 3.12. The molecule has 1 aliphatic rings. The Morgan fingerprint density at radius 2 is 1.62 bits per heavy atom. The minimum Gasteiger partial charge on any atom is -0.497 e. The standard InChI is InChI=1S/C28H30BrN3O5/c1-36-24-10-11-25(37-2)19(16-24)17-26(33)30-22-4-3-5-23(18-22)31-27(34)32-14-12-28(35,13-15-32)20-6-8-21(29)9-7-20/h3-11,16,18,35H,12-15,17H2,1-2H3,(H,30,33)(H,31,34). The van der Waals surface area contributed by atoms with Crippen LogP contribution in [0, 0.1) is 0 Å². The summed E-state index contributed by atoms with van der Waals surface area (Å²) in [6, 6.07) is 19.7. The second kappa shape index (κ2) is 11.7. The van der Waals surface area contributed by atoms with Gasteiger partial charge in [-0.25, -0.2) is 4.79 Å². The largest absolute Gasteiger partial charge is 0.497 e. The van der Waals surface area contributed by atoms with E-state index in [0.717, 1.165) is 10.0 Å². The first-order valence-electron chi connectivity index (χ1n) is 11.9. The number of nitrogens with one attached hydrogen (secondary N) is 2. The Morgan fingerprint density at radius 3 is 2.27 bits per heavy atom. The summed E-state index contributed by atoms with van der Waals surface area (Å²) < 4.78 is 11.6. The van der Waals surface area contributed by atoms with Gasteiger partial charge >= 0.3 is 6.03 Å². The van der Waals surface area contributed by atoms with Gasteiger partial charge in [0, 0.05) is 34.5 Å². The number of piperidine rings is 1. The van der Waals surface area contributed by atoms with Gasteiger partial charge in [-0.3, -0.25) is 4.79 Å². The van der Waals surface area contributed by atoms with E-state index in [1.165, 1.54) is 0 Å². The molecule has 1 heterocycles. The maximum atomic E-state index is 12.9. The van der Waals surface area contributed by atoms with Crippen molar-refractivity contribution in [1.29, 1.82) is 0 Å². The zero-order valence-electron chi connectivity index (χ0n) is 20.8. The smallest absolute Gasteiger partial charge is 0.321 e. The quantitative estimate of drug-likeness (QED) is 0.366. The number of carbonyl (C=O) groups is 2. The van der Waals surface area contributed by atoms with E-state index in [4.69, 9.17) is 9.47 Å². The first kappa shape index (κ1) is 26.5. The van der Waals surface area contributed by atoms with Crippen LogP contribution < -0.4 is 20.1 Å². The van der Waals surface area contributed by atoms with Crippen molar-refractivity contribution < 1.29 is 24.2 Å². The van der Waals surface area contributed by atoms with Crippen molar-refractivity contribution in [2.45, 2.75) is 24.9 Å². The average Bonchev–Trinajstić information content (AvgIpc) is 2.89. The van der Waals surface area contributed by atoms with Crippen LogP contribution in [0.3, 0.4) is 0 Å². The van der Waals surface area contributed by atoms with E-state index in [2.05, 4.69) is 26.6 Å². The van der Waals surface area contributed by atoms with Crippen LogP contribution in [0.15, 0.2) is 71.2 Å². The first-order valence-corrected chi connectivity index (χ1v) is 12.7. The second-order valence-corrected chi connectivity index (χ2v) is 9.85. The Kier molecular flexibility index (Phi) is 8.35. The molecule has 8 nitrogen and oxygen atoms in total. The topological polar surface area (TPSA) is 100 Å². The van der Waals surface area contributed by atoms with Gasteiger partial charge in [-0.1, -0.05) is 34.1 Å². The van der Waals surface area contributed by atoms with Gasteiger partial charge in [0.1, 0.15) is 11.5 Å². The molecule has 37 heavy (non-hydrogen) atoms. The van der Waals surface area contributed by atoms with Crippen molar-refractivity contribution in [3.8, 4) is 11.5 Å². The molecule has 3 aromatic rings. The highest BCUT2D eigenvalue weighted by Gasteiger charge is 2.35. The van der Waals surface area contributed by atoms with Gasteiger partial charge in [0.05, 0.1) is 26.2 Å². The van der Waals surface area contributed by atoms with Crippen molar-refractivity contribution in [2.24, 2.45) is 0 Å². The SMILES string of the molecule is COc1ccc(OC)c(CC(=O)Nc2cccc(NC(=O)N3CCC(O)(c4ccc(Br)cc4)CC3)c2)c1. The lowest BCUT2D eigenvalue weighted by molar-refractivity contribution is -0.115. The molecule has 4 rings (SSSR count). The van der Waals surface area contributed by atoms with Crippen LogP contribution in [-0.4, -0.2) is 49.3 Å². The number of benzene rings is 3. The number of anilines is 2. The number of halogens is 1. The fourth-order valence-electron chi connectivity index (χ4n) is 4.40. The Labute approximate surface area is 224 Å². The van der Waals surface area contributed by atoms with Crippen molar-refractivity contribution >= 4 is 39.2 Å². The summed E-state index contributed by atoms with van der Waals surface area (Å²) in [5, 5.41) is 16.8. The number of hydrogen-bond acceptors (Lipinski definition) is 5. The summed E-state index contributed by atoms with van der Waals surface area (Å²) in [5.41, 5.74) is 1.74. The summed E-state index contributed by atoms with van der Waals surface area (Å²) in [6.45, 7) is 0.856. The van der Waals surface area contributed by atoms with E-state index < -0.39 is 5.60 Å². The van der Waals surface area contributed by atoms with Gasteiger partial charge in [-0.2, -0.15) is 0 Å². The predicted octanol–water partition coefficient (Wildman–Crippen LogP) is 5.16. The number of methoxy groups -OCH3 is 2. The van der Waals surface area contributed by atoms with Crippen LogP contribution in [0.4, 0.5) is 16.2 Å². The predicted molar refractivity (Wildman–Crippen MR) is 146 cm³/mol. The molecule has 1 saturated heterocycles. The highest BCUT2D eigenvalue weighted by Crippen LogP contribution is 2.33. The third-order valence-electron chi connectivity index (χ3n) is 6.50. The van der Waals surface area contributed by atoms with Gasteiger partial charge in [0.15, 0.2) is 0 Å². The molecular formula is C28H30BrN3O5. The molecule has 1 aliphatic heterocycles. The summed E-state index contributed by atoms with van der Waals surface area (Å²) >= 11 is 3.42. The number of hydrogen-bond donors (Lipinski definition) is 3. The molecule has 3 N–H and O–H groups in total. The van der Waals surface area contributed by atoms with Gasteiger partial charge in [0.25, 0.3) is 0 Å². The van der Waals surface area contributed by atoms with E-state index in [1.54, 1.807) is 61.6 Å². The second-order valence-electron chi connectivity index (χ2n) is 8.94. The Balaban J connectivity index is 1.33. The number of urea groups is 1. The molecule has 0 aliphatic carbocycles. The van der Waals surface area contributed by atoms with Crippen LogP contribution >= 0.6 is 15.9 Å². The van der Waals surface area contributed by atoms with Gasteiger partial charge in [-0.15, -0.1) is 0 Å². The first-order chi connectivity index (χ1) is 17.8. The molecule has 3 aromatic carbocycles. The van der Waals surface area contributed by atoms with Crippen molar-refractivity contribution in [3.63, 3.8) is 0 Å². The van der Waals surface area contributed by atoms with Crippen molar-refractivity contribution in [3.05, 3.63) is 82.3 Å². The minimum atomic E-state index is -0.951. The van der Waals surface area contributed by atoms with Crippen molar-refractivity contribution in [2.75, 3.05) is 37.9 Å². The molecule has 1 fully saturated rings. The molecule has 0 spiro atoms. The molecule has 3 amide bonds. The van der Waals surface area contributed by atoms with E-state index in [9.17, 15) is 14.7 Å². The lowest BCUT2D eigenvalue weighted by atomic mass is 9.84. The number of carbonyl (C=O) groups excluding carboxylic acids is 2. The highest BCUT2D eigenvalue weighted by molar-refractivity contribution is 9.10. The lowest BCUT2D eigenvalue weighted by Crippen LogP contribution is -2.46. The number of nitrogens with zero attached hydrogens (tertiary/aromatic N) is 1. The molecule has 0 atom stereocenters. The van der Waals surface area contributed by atoms with Gasteiger partial charge in [-0.05, 0) is 66.9 Å². The Bertz CT molecular complexity index is 1260. The summed E-state index contributed by atoms with van der Waals surface area (Å²) in [4.78, 5) is 27.3. The molecule has 0 unspecified atom stereocenters.